The van der Waals surface area contributed by atoms with E-state index < -0.39 is 5.97 Å². The average Bonchev–Trinajstić information content (AvgIpc) is 2.77. The van der Waals surface area contributed by atoms with E-state index in [1.165, 1.54) is 19.3 Å². The zero-order chi connectivity index (χ0) is 22.1. The molecule has 2 N–H and O–H groups in total. The molecule has 1 fully saturated rings. The molecule has 1 aromatic heterocycles. The second-order valence-electron chi connectivity index (χ2n) is 8.64. The van der Waals surface area contributed by atoms with Crippen molar-refractivity contribution < 1.29 is 9.90 Å². The number of aryl methyl sites for hydroxylation is 1. The van der Waals surface area contributed by atoms with Gasteiger partial charge in [0.1, 0.15) is 5.82 Å². The van der Waals surface area contributed by atoms with Crippen LogP contribution >= 0.6 is 0 Å². The van der Waals surface area contributed by atoms with Gasteiger partial charge in [0.25, 0.3) is 5.56 Å². The molecule has 0 spiro atoms. The summed E-state index contributed by atoms with van der Waals surface area (Å²) in [6.07, 6.45) is 5.71. The molecule has 3 aromatic rings. The lowest BCUT2D eigenvalue weighted by Crippen LogP contribution is -2.26. The lowest BCUT2D eigenvalue weighted by molar-refractivity contribution is 0.0698. The number of hydrogen-bond acceptors (Lipinski definition) is 4. The van der Waals surface area contributed by atoms with Crippen LogP contribution < -0.4 is 10.9 Å². The fraction of sp³-hybridized carbons (Fsp3) is 0.400. The fourth-order valence-electron chi connectivity index (χ4n) is 4.73. The number of fused-ring (bicyclic) bond motifs is 1. The van der Waals surface area contributed by atoms with Gasteiger partial charge in [-0.3, -0.25) is 9.36 Å². The molecule has 4 rings (SSSR count). The Bertz CT molecular complexity index is 1190. The van der Waals surface area contributed by atoms with Crippen molar-refractivity contribution in [2.75, 3.05) is 5.32 Å². The van der Waals surface area contributed by atoms with Gasteiger partial charge in [-0.15, -0.1) is 0 Å². The lowest BCUT2D eigenvalue weighted by Gasteiger charge is -2.24. The van der Waals surface area contributed by atoms with E-state index in [4.69, 9.17) is 4.98 Å². The van der Waals surface area contributed by atoms with Gasteiger partial charge < -0.3 is 10.4 Å². The van der Waals surface area contributed by atoms with Crippen LogP contribution in [0.25, 0.3) is 10.9 Å². The molecule has 1 atom stereocenters. The molecule has 1 aliphatic carbocycles. The van der Waals surface area contributed by atoms with Crippen LogP contribution in [0.5, 0.6) is 0 Å². The SMILES string of the molecule is Cc1cc(C(C)Nc2ccccc2C(=O)O)c2nc(C3CCCCC3)n(C)c(=O)c2c1. The number of carboxylic acids is 1. The predicted octanol–water partition coefficient (Wildman–Crippen LogP) is 5.16. The maximum atomic E-state index is 13.2. The van der Waals surface area contributed by atoms with E-state index in [9.17, 15) is 14.7 Å². The van der Waals surface area contributed by atoms with E-state index >= 15 is 0 Å². The molecule has 0 amide bonds. The first-order valence-electron chi connectivity index (χ1n) is 11.0. The van der Waals surface area contributed by atoms with Crippen molar-refractivity contribution in [2.45, 2.75) is 57.9 Å². The second kappa shape index (κ2) is 8.53. The van der Waals surface area contributed by atoms with Gasteiger partial charge in [-0.25, -0.2) is 9.78 Å². The van der Waals surface area contributed by atoms with E-state index in [-0.39, 0.29) is 17.2 Å². The summed E-state index contributed by atoms with van der Waals surface area (Å²) >= 11 is 0. The van der Waals surface area contributed by atoms with Gasteiger partial charge in [-0.2, -0.15) is 0 Å². The molecule has 0 bridgehead atoms. The first-order valence-corrected chi connectivity index (χ1v) is 11.0. The third-order valence-corrected chi connectivity index (χ3v) is 6.36. The van der Waals surface area contributed by atoms with Crippen molar-refractivity contribution in [3.8, 4) is 0 Å². The maximum Gasteiger partial charge on any atom is 0.337 e. The Labute approximate surface area is 181 Å². The summed E-state index contributed by atoms with van der Waals surface area (Å²) in [5, 5.41) is 13.5. The molecule has 6 heteroatoms. The summed E-state index contributed by atoms with van der Waals surface area (Å²) in [6.45, 7) is 3.95. The summed E-state index contributed by atoms with van der Waals surface area (Å²) in [6, 6.07) is 10.6. The summed E-state index contributed by atoms with van der Waals surface area (Å²) < 4.78 is 1.72. The Hall–Kier alpha value is -3.15. The van der Waals surface area contributed by atoms with E-state index in [0.717, 1.165) is 29.8 Å². The topological polar surface area (TPSA) is 84.2 Å². The normalized spacial score (nSPS) is 15.7. The highest BCUT2D eigenvalue weighted by Crippen LogP contribution is 2.33. The Balaban J connectivity index is 1.83. The number of anilines is 1. The van der Waals surface area contributed by atoms with Crippen molar-refractivity contribution >= 4 is 22.6 Å². The molecule has 31 heavy (non-hydrogen) atoms. The highest BCUT2D eigenvalue weighted by Gasteiger charge is 2.23. The van der Waals surface area contributed by atoms with Gasteiger partial charge in [0, 0.05) is 24.2 Å². The fourth-order valence-corrected chi connectivity index (χ4v) is 4.73. The molecular weight excluding hydrogens is 390 g/mol. The minimum Gasteiger partial charge on any atom is -0.478 e. The number of aromatic nitrogens is 2. The number of carbonyl (C=O) groups is 1. The summed E-state index contributed by atoms with van der Waals surface area (Å²) in [7, 11) is 1.82. The number of nitrogens with zero attached hydrogens (tertiary/aromatic N) is 2. The first kappa shape index (κ1) is 21.1. The average molecular weight is 420 g/mol. The number of nitrogens with one attached hydrogen (secondary N) is 1. The van der Waals surface area contributed by atoms with Crippen molar-refractivity contribution in [3.05, 3.63) is 69.3 Å². The van der Waals surface area contributed by atoms with Crippen LogP contribution in [0.2, 0.25) is 0 Å². The number of carboxylic acid groups (broad SMARTS) is 1. The number of para-hydroxylation sites is 1. The van der Waals surface area contributed by atoms with Gasteiger partial charge in [0.05, 0.1) is 22.5 Å². The Morgan fingerprint density at radius 1 is 1.19 bits per heavy atom. The third-order valence-electron chi connectivity index (χ3n) is 6.36. The molecule has 0 aliphatic heterocycles. The van der Waals surface area contributed by atoms with Gasteiger partial charge in [-0.05, 0) is 50.5 Å². The van der Waals surface area contributed by atoms with Crippen molar-refractivity contribution in [1.29, 1.82) is 0 Å². The number of benzene rings is 2. The summed E-state index contributed by atoms with van der Waals surface area (Å²) in [5.41, 5.74) is 3.35. The van der Waals surface area contributed by atoms with Crippen LogP contribution in [0.1, 0.15) is 78.3 Å². The molecule has 1 saturated carbocycles. The second-order valence-corrected chi connectivity index (χ2v) is 8.64. The van der Waals surface area contributed by atoms with Crippen LogP contribution in [0, 0.1) is 6.92 Å². The minimum atomic E-state index is -0.976. The van der Waals surface area contributed by atoms with Crippen LogP contribution in [0.4, 0.5) is 5.69 Å². The lowest BCUT2D eigenvalue weighted by atomic mass is 9.88. The Kier molecular flexibility index (Phi) is 5.81. The molecule has 0 saturated heterocycles. The van der Waals surface area contributed by atoms with Gasteiger partial charge in [0.15, 0.2) is 0 Å². The summed E-state index contributed by atoms with van der Waals surface area (Å²) in [5.74, 6) is 0.192. The Morgan fingerprint density at radius 2 is 1.90 bits per heavy atom. The first-order chi connectivity index (χ1) is 14.9. The van der Waals surface area contributed by atoms with Crippen LogP contribution in [-0.4, -0.2) is 20.6 Å². The number of rotatable bonds is 5. The number of aromatic carboxylic acids is 1. The van der Waals surface area contributed by atoms with E-state index in [1.807, 2.05) is 39.1 Å². The van der Waals surface area contributed by atoms with Gasteiger partial charge >= 0.3 is 5.97 Å². The zero-order valence-electron chi connectivity index (χ0n) is 18.3. The molecule has 1 heterocycles. The van der Waals surface area contributed by atoms with Gasteiger partial charge in [0.2, 0.25) is 0 Å². The largest absolute Gasteiger partial charge is 0.478 e. The predicted molar refractivity (Wildman–Crippen MR) is 123 cm³/mol. The van der Waals surface area contributed by atoms with E-state index in [0.29, 0.717) is 22.5 Å². The van der Waals surface area contributed by atoms with Crippen LogP contribution in [-0.2, 0) is 7.05 Å². The number of hydrogen-bond donors (Lipinski definition) is 2. The highest BCUT2D eigenvalue weighted by molar-refractivity contribution is 5.94. The van der Waals surface area contributed by atoms with Crippen molar-refractivity contribution in [2.24, 2.45) is 7.05 Å². The molecule has 2 aromatic carbocycles. The molecule has 1 unspecified atom stereocenters. The minimum absolute atomic E-state index is 0.0198. The molecule has 0 radical (unpaired) electrons. The molecule has 6 nitrogen and oxygen atoms in total. The van der Waals surface area contributed by atoms with Gasteiger partial charge in [-0.1, -0.05) is 37.5 Å². The quantitative estimate of drug-likeness (QED) is 0.597. The van der Waals surface area contributed by atoms with Crippen molar-refractivity contribution in [3.63, 3.8) is 0 Å². The zero-order valence-corrected chi connectivity index (χ0v) is 18.3. The molecular formula is C25H29N3O3. The summed E-state index contributed by atoms with van der Waals surface area (Å²) in [4.78, 5) is 29.9. The van der Waals surface area contributed by atoms with Crippen LogP contribution in [0.3, 0.4) is 0 Å². The Morgan fingerprint density at radius 3 is 2.61 bits per heavy atom. The smallest absolute Gasteiger partial charge is 0.337 e. The molecule has 162 valence electrons. The maximum absolute atomic E-state index is 13.2. The highest BCUT2D eigenvalue weighted by atomic mass is 16.4. The van der Waals surface area contributed by atoms with Crippen molar-refractivity contribution in [1.82, 2.24) is 9.55 Å². The standard InChI is InChI=1S/C25H29N3O3/c1-15-13-19(16(2)26-21-12-8-7-11-18(21)25(30)31)22-20(14-15)24(29)28(3)23(27-22)17-9-5-4-6-10-17/h7-8,11-14,16-17,26H,4-6,9-10H2,1-3H3,(H,30,31). The van der Waals surface area contributed by atoms with Crippen LogP contribution in [0.15, 0.2) is 41.2 Å². The molecule has 1 aliphatic rings. The van der Waals surface area contributed by atoms with E-state index in [2.05, 4.69) is 5.32 Å². The van der Waals surface area contributed by atoms with E-state index in [1.54, 1.807) is 22.8 Å². The third kappa shape index (κ3) is 4.07. The monoisotopic (exact) mass is 419 g/mol.